The van der Waals surface area contributed by atoms with Gasteiger partial charge in [0.2, 0.25) is 0 Å². The molecule has 80 valence electrons. The molecule has 0 unspecified atom stereocenters. The zero-order valence-corrected chi connectivity index (χ0v) is 8.63. The average Bonchev–Trinajstić information content (AvgIpc) is 2.31. The van der Waals surface area contributed by atoms with Gasteiger partial charge in [-0.3, -0.25) is 14.8 Å². The first kappa shape index (κ1) is 10.3. The molecule has 0 spiro atoms. The molecule has 0 fully saturated rings. The Labute approximate surface area is 93.2 Å². The van der Waals surface area contributed by atoms with E-state index in [1.165, 1.54) is 0 Å². The smallest absolute Gasteiger partial charge is 0.267 e. The monoisotopic (exact) mass is 213 g/mol. The summed E-state index contributed by atoms with van der Waals surface area (Å²) in [4.78, 5) is 19.2. The Balaban J connectivity index is 2.31. The van der Waals surface area contributed by atoms with Gasteiger partial charge < -0.3 is 5.73 Å². The van der Waals surface area contributed by atoms with Gasteiger partial charge >= 0.3 is 0 Å². The van der Waals surface area contributed by atoms with Gasteiger partial charge in [-0.2, -0.15) is 0 Å². The summed E-state index contributed by atoms with van der Waals surface area (Å²) in [5, 5.41) is 0. The molecular weight excluding hydrogens is 202 g/mol. The Morgan fingerprint density at radius 2 is 2.06 bits per heavy atom. The zero-order valence-electron chi connectivity index (χ0n) is 8.63. The molecule has 16 heavy (non-hydrogen) atoms. The maximum absolute atomic E-state index is 11.2. The van der Waals surface area contributed by atoms with Gasteiger partial charge in [0.1, 0.15) is 5.69 Å². The number of pyridine rings is 2. The average molecular weight is 213 g/mol. The number of carbonyl (C=O) groups excluding carboxylic acids is 1. The van der Waals surface area contributed by atoms with Crippen molar-refractivity contribution in [3.63, 3.8) is 0 Å². The third kappa shape index (κ3) is 2.23. The first-order valence-corrected chi connectivity index (χ1v) is 4.90. The largest absolute Gasteiger partial charge is 0.364 e. The minimum absolute atomic E-state index is 0.325. The highest BCUT2D eigenvalue weighted by Gasteiger charge is 2.09. The third-order valence-electron chi connectivity index (χ3n) is 2.24. The number of primary amides is 1. The van der Waals surface area contributed by atoms with E-state index in [1.807, 2.05) is 18.2 Å². The molecule has 1 amide bonds. The van der Waals surface area contributed by atoms with Crippen molar-refractivity contribution in [2.24, 2.45) is 5.73 Å². The molecule has 0 bridgehead atoms. The highest BCUT2D eigenvalue weighted by atomic mass is 16.1. The van der Waals surface area contributed by atoms with Crippen molar-refractivity contribution in [2.75, 3.05) is 0 Å². The Hall–Kier alpha value is -2.23. The summed E-state index contributed by atoms with van der Waals surface area (Å²) in [6.45, 7) is 0. The van der Waals surface area contributed by atoms with E-state index >= 15 is 0 Å². The van der Waals surface area contributed by atoms with Crippen molar-refractivity contribution in [2.45, 2.75) is 6.42 Å². The molecule has 4 heteroatoms. The fourth-order valence-electron chi connectivity index (χ4n) is 1.53. The summed E-state index contributed by atoms with van der Waals surface area (Å²) in [5.74, 6) is -0.500. The van der Waals surface area contributed by atoms with Crippen molar-refractivity contribution < 1.29 is 4.79 Å². The zero-order chi connectivity index (χ0) is 11.4. The number of hydrogen-bond acceptors (Lipinski definition) is 3. The molecule has 0 atom stereocenters. The first-order valence-electron chi connectivity index (χ1n) is 4.90. The molecule has 0 saturated heterocycles. The first-order chi connectivity index (χ1) is 7.77. The van der Waals surface area contributed by atoms with Gasteiger partial charge in [-0.05, 0) is 23.3 Å². The van der Waals surface area contributed by atoms with Crippen LogP contribution < -0.4 is 5.73 Å². The Morgan fingerprint density at radius 1 is 1.25 bits per heavy atom. The Kier molecular flexibility index (Phi) is 2.91. The van der Waals surface area contributed by atoms with Gasteiger partial charge in [-0.25, -0.2) is 0 Å². The number of aromatic nitrogens is 2. The van der Waals surface area contributed by atoms with E-state index in [0.717, 1.165) is 11.1 Å². The molecular formula is C12H11N3O. The lowest BCUT2D eigenvalue weighted by Gasteiger charge is -2.04. The minimum Gasteiger partial charge on any atom is -0.364 e. The van der Waals surface area contributed by atoms with E-state index in [9.17, 15) is 4.79 Å². The maximum Gasteiger partial charge on any atom is 0.267 e. The van der Waals surface area contributed by atoms with Gasteiger partial charge in [0.15, 0.2) is 0 Å². The van der Waals surface area contributed by atoms with Crippen molar-refractivity contribution in [3.8, 4) is 0 Å². The van der Waals surface area contributed by atoms with Crippen LogP contribution in [0.3, 0.4) is 0 Å². The second-order valence-electron chi connectivity index (χ2n) is 3.41. The van der Waals surface area contributed by atoms with Gasteiger partial charge in [-0.15, -0.1) is 0 Å². The van der Waals surface area contributed by atoms with Crippen LogP contribution in [0.2, 0.25) is 0 Å². The number of amides is 1. The SMILES string of the molecule is NC(=O)c1ncccc1Cc1cccnc1. The van der Waals surface area contributed by atoms with Crippen LogP contribution in [0, 0.1) is 0 Å². The number of carbonyl (C=O) groups is 1. The summed E-state index contributed by atoms with van der Waals surface area (Å²) in [7, 11) is 0. The second kappa shape index (κ2) is 4.53. The molecule has 2 aromatic heterocycles. The molecule has 0 saturated carbocycles. The fraction of sp³-hybridized carbons (Fsp3) is 0.0833. The van der Waals surface area contributed by atoms with E-state index in [4.69, 9.17) is 5.73 Å². The third-order valence-corrected chi connectivity index (χ3v) is 2.24. The molecule has 2 heterocycles. The molecule has 2 N–H and O–H groups in total. The standard InChI is InChI=1S/C12H11N3O/c13-12(16)11-10(4-2-6-15-11)7-9-3-1-5-14-8-9/h1-6,8H,7H2,(H2,13,16). The second-order valence-corrected chi connectivity index (χ2v) is 3.41. The topological polar surface area (TPSA) is 68.9 Å². The summed E-state index contributed by atoms with van der Waals surface area (Å²) >= 11 is 0. The maximum atomic E-state index is 11.2. The summed E-state index contributed by atoms with van der Waals surface area (Å²) in [6, 6.07) is 7.44. The normalized spacial score (nSPS) is 10.0. The minimum atomic E-state index is -0.500. The van der Waals surface area contributed by atoms with Crippen LogP contribution in [0.15, 0.2) is 42.9 Å². The van der Waals surface area contributed by atoms with Crippen LogP contribution in [0.25, 0.3) is 0 Å². The quantitative estimate of drug-likeness (QED) is 0.832. The molecule has 0 aliphatic carbocycles. The van der Waals surface area contributed by atoms with E-state index in [2.05, 4.69) is 9.97 Å². The molecule has 0 aromatic carbocycles. The summed E-state index contributed by atoms with van der Waals surface area (Å²) < 4.78 is 0. The van der Waals surface area contributed by atoms with E-state index in [-0.39, 0.29) is 0 Å². The summed E-state index contributed by atoms with van der Waals surface area (Å²) in [5.41, 5.74) is 7.42. The fourth-order valence-corrected chi connectivity index (χ4v) is 1.53. The summed E-state index contributed by atoms with van der Waals surface area (Å²) in [6.07, 6.45) is 5.65. The Morgan fingerprint density at radius 3 is 2.75 bits per heavy atom. The molecule has 0 aliphatic heterocycles. The molecule has 4 nitrogen and oxygen atoms in total. The van der Waals surface area contributed by atoms with Gasteiger partial charge in [0.05, 0.1) is 0 Å². The number of rotatable bonds is 3. The van der Waals surface area contributed by atoms with Crippen molar-refractivity contribution in [3.05, 3.63) is 59.7 Å². The number of nitrogens with two attached hydrogens (primary N) is 1. The lowest BCUT2D eigenvalue weighted by molar-refractivity contribution is 0.0994. The van der Waals surface area contributed by atoms with Crippen molar-refractivity contribution in [1.29, 1.82) is 0 Å². The lowest BCUT2D eigenvalue weighted by Crippen LogP contribution is -2.15. The van der Waals surface area contributed by atoms with Crippen LogP contribution in [0.4, 0.5) is 0 Å². The number of nitrogens with zero attached hydrogens (tertiary/aromatic N) is 2. The van der Waals surface area contributed by atoms with E-state index in [0.29, 0.717) is 12.1 Å². The van der Waals surface area contributed by atoms with Crippen LogP contribution in [-0.4, -0.2) is 15.9 Å². The van der Waals surface area contributed by atoms with Crippen molar-refractivity contribution >= 4 is 5.91 Å². The Bertz CT molecular complexity index is 497. The highest BCUT2D eigenvalue weighted by Crippen LogP contribution is 2.10. The molecule has 0 radical (unpaired) electrons. The lowest BCUT2D eigenvalue weighted by atomic mass is 10.0. The van der Waals surface area contributed by atoms with Crippen LogP contribution in [-0.2, 0) is 6.42 Å². The van der Waals surface area contributed by atoms with Crippen LogP contribution in [0.5, 0.6) is 0 Å². The van der Waals surface area contributed by atoms with Crippen molar-refractivity contribution in [1.82, 2.24) is 9.97 Å². The predicted octanol–water partition coefficient (Wildman–Crippen LogP) is 1.17. The van der Waals surface area contributed by atoms with Crippen LogP contribution >= 0.6 is 0 Å². The van der Waals surface area contributed by atoms with Gasteiger partial charge in [0, 0.05) is 25.0 Å². The van der Waals surface area contributed by atoms with Gasteiger partial charge in [-0.1, -0.05) is 12.1 Å². The van der Waals surface area contributed by atoms with E-state index in [1.54, 1.807) is 24.7 Å². The molecule has 2 aromatic rings. The highest BCUT2D eigenvalue weighted by molar-refractivity contribution is 5.92. The molecule has 2 rings (SSSR count). The van der Waals surface area contributed by atoms with Gasteiger partial charge in [0.25, 0.3) is 5.91 Å². The van der Waals surface area contributed by atoms with E-state index < -0.39 is 5.91 Å². The predicted molar refractivity (Wildman–Crippen MR) is 59.8 cm³/mol. The van der Waals surface area contributed by atoms with Crippen LogP contribution in [0.1, 0.15) is 21.6 Å². The number of hydrogen-bond donors (Lipinski definition) is 1. The molecule has 0 aliphatic rings.